The van der Waals surface area contributed by atoms with Gasteiger partial charge in [-0.2, -0.15) is 0 Å². The quantitative estimate of drug-likeness (QED) is 0.121. The van der Waals surface area contributed by atoms with Gasteiger partial charge in [-0.1, -0.05) is 44.2 Å². The first-order valence-corrected chi connectivity index (χ1v) is 19.4. The summed E-state index contributed by atoms with van der Waals surface area (Å²) in [7, 11) is 4.05. The summed E-state index contributed by atoms with van der Waals surface area (Å²) < 4.78 is 14.9. The van der Waals surface area contributed by atoms with Gasteiger partial charge in [0, 0.05) is 25.8 Å². The number of aromatic nitrogens is 4. The summed E-state index contributed by atoms with van der Waals surface area (Å²) >= 11 is 0. The van der Waals surface area contributed by atoms with Gasteiger partial charge in [-0.25, -0.2) is 19.6 Å². The van der Waals surface area contributed by atoms with E-state index >= 15 is 0 Å². The van der Waals surface area contributed by atoms with Crippen LogP contribution in [0, 0.1) is 5.92 Å². The van der Waals surface area contributed by atoms with Crippen LogP contribution in [0.1, 0.15) is 70.2 Å². The van der Waals surface area contributed by atoms with Gasteiger partial charge in [-0.05, 0) is 84.7 Å². The van der Waals surface area contributed by atoms with Crippen molar-refractivity contribution in [3.05, 3.63) is 72.4 Å². The number of hydrogen-bond donors (Lipinski definition) is 4. The first kappa shape index (κ1) is 39.3. The van der Waals surface area contributed by atoms with Gasteiger partial charge in [0.05, 0.1) is 55.3 Å². The number of nitrogens with one attached hydrogen (secondary N) is 4. The number of alkyl carbamates (subject to hydrolysis) is 2. The van der Waals surface area contributed by atoms with E-state index in [2.05, 4.69) is 69.1 Å². The molecular weight excluding hydrogens is 729 g/mol. The number of carbonyl (C=O) groups is 4. The molecule has 3 aromatic carbocycles. The lowest BCUT2D eigenvalue weighted by Gasteiger charge is -2.30. The third-order valence-electron chi connectivity index (χ3n) is 11.2. The number of ether oxygens (including phenoxy) is 3. The summed E-state index contributed by atoms with van der Waals surface area (Å²) in [5, 5.41) is 7.48. The molecule has 15 nitrogen and oxygen atoms in total. The second-order valence-corrected chi connectivity index (χ2v) is 15.1. The second kappa shape index (κ2) is 16.6. The summed E-state index contributed by atoms with van der Waals surface area (Å²) in [6, 6.07) is 16.7. The molecular formula is C42H50N8O7. The molecule has 4 N–H and O–H groups in total. The number of aromatic amines is 2. The smallest absolute Gasteiger partial charge is 0.407 e. The standard InChI is InChI=1S/C42H50N8O7/c1-23(2)35(47-41(53)56-5)39(51)49-17-7-9-33(49)37-43-22-32(46-37)29-14-13-25-19-26(11-12-27(25)20-29)28-15-16-30-31(21-28)45-38(44-30)34-10-8-18-50(34)40(52)36(24(3)55-4)48-42(54)57-6/h11-16,19-24,33-36H,7-10,17-18H2,1-6H3,(H,43,46)(H,44,45)(H,47,53)(H,48,54)/t24-,33+,34+,35+,36+/m1/s1. The van der Waals surface area contributed by atoms with Gasteiger partial charge < -0.3 is 44.6 Å². The van der Waals surface area contributed by atoms with Crippen molar-refractivity contribution >= 4 is 45.8 Å². The molecule has 0 radical (unpaired) electrons. The Morgan fingerprint density at radius 2 is 1.28 bits per heavy atom. The molecule has 2 aromatic heterocycles. The van der Waals surface area contributed by atoms with Crippen molar-refractivity contribution in [2.75, 3.05) is 34.4 Å². The number of hydrogen-bond acceptors (Lipinski definition) is 9. The number of imidazole rings is 2. The molecule has 2 saturated heterocycles. The highest BCUT2D eigenvalue weighted by atomic mass is 16.5. The number of benzene rings is 3. The zero-order valence-corrected chi connectivity index (χ0v) is 33.1. The van der Waals surface area contributed by atoms with Crippen molar-refractivity contribution in [2.24, 2.45) is 5.92 Å². The van der Waals surface area contributed by atoms with Crippen LogP contribution in [0.25, 0.3) is 44.2 Å². The highest BCUT2D eigenvalue weighted by molar-refractivity contribution is 5.92. The van der Waals surface area contributed by atoms with E-state index < -0.39 is 30.4 Å². The lowest BCUT2D eigenvalue weighted by molar-refractivity contribution is -0.137. The average Bonchev–Trinajstić information content (AvgIpc) is 4.06. The number of rotatable bonds is 11. The lowest BCUT2D eigenvalue weighted by Crippen LogP contribution is -2.54. The summed E-state index contributed by atoms with van der Waals surface area (Å²) in [6.07, 6.45) is 3.10. The van der Waals surface area contributed by atoms with Gasteiger partial charge >= 0.3 is 12.2 Å². The van der Waals surface area contributed by atoms with Crippen LogP contribution < -0.4 is 10.6 Å². The molecule has 5 atom stereocenters. The van der Waals surface area contributed by atoms with Gasteiger partial charge in [-0.3, -0.25) is 9.59 Å². The van der Waals surface area contributed by atoms with Gasteiger partial charge in [0.2, 0.25) is 11.8 Å². The van der Waals surface area contributed by atoms with Crippen LogP contribution in [0.2, 0.25) is 0 Å². The molecule has 0 unspecified atom stereocenters. The molecule has 15 heteroatoms. The Kier molecular flexibility index (Phi) is 11.5. The van der Waals surface area contributed by atoms with E-state index in [0.717, 1.165) is 75.7 Å². The molecule has 4 heterocycles. The van der Waals surface area contributed by atoms with Crippen LogP contribution in [-0.2, 0) is 23.8 Å². The molecule has 0 bridgehead atoms. The van der Waals surface area contributed by atoms with Crippen LogP contribution in [0.5, 0.6) is 0 Å². The predicted molar refractivity (Wildman–Crippen MR) is 214 cm³/mol. The van der Waals surface area contributed by atoms with Crippen molar-refractivity contribution < 1.29 is 33.4 Å². The third-order valence-corrected chi connectivity index (χ3v) is 11.2. The predicted octanol–water partition coefficient (Wildman–Crippen LogP) is 6.24. The molecule has 2 aliphatic heterocycles. The van der Waals surface area contributed by atoms with E-state index in [9.17, 15) is 19.2 Å². The Balaban J connectivity index is 1.07. The summed E-state index contributed by atoms with van der Waals surface area (Å²) in [4.78, 5) is 71.4. The van der Waals surface area contributed by atoms with Crippen LogP contribution in [-0.4, -0.2) is 106 Å². The maximum atomic E-state index is 13.7. The minimum Gasteiger partial charge on any atom is -0.453 e. The van der Waals surface area contributed by atoms with E-state index in [1.54, 1.807) is 11.8 Å². The summed E-state index contributed by atoms with van der Waals surface area (Å²) in [5.74, 6) is 0.918. The van der Waals surface area contributed by atoms with Gasteiger partial charge in [-0.15, -0.1) is 0 Å². The fraction of sp³-hybridized carbons (Fsp3) is 0.429. The molecule has 7 rings (SSSR count). The highest BCUT2D eigenvalue weighted by Crippen LogP contribution is 2.36. The minimum atomic E-state index is -0.901. The number of likely N-dealkylation sites (tertiary alicyclic amines) is 2. The average molecular weight is 779 g/mol. The molecule has 300 valence electrons. The van der Waals surface area contributed by atoms with Crippen LogP contribution in [0.3, 0.4) is 0 Å². The molecule has 2 fully saturated rings. The fourth-order valence-electron chi connectivity index (χ4n) is 8.00. The van der Waals surface area contributed by atoms with Crippen molar-refractivity contribution in [3.63, 3.8) is 0 Å². The van der Waals surface area contributed by atoms with Crippen LogP contribution in [0.15, 0.2) is 60.8 Å². The SMILES string of the molecule is COC(=O)N[C@H](C(=O)N1CCC[C@H]1c1ncc(-c2ccc3cc(-c4ccc5nc([C@@H]6CCCN6C(=O)[C@@H](NC(=O)OC)[C@@H](C)OC)[nH]c5c4)ccc3c2)[nH]1)C(C)C. The van der Waals surface area contributed by atoms with Crippen molar-refractivity contribution in [3.8, 4) is 22.4 Å². The molecule has 0 aliphatic carbocycles. The Morgan fingerprint density at radius 1 is 0.719 bits per heavy atom. The molecule has 0 saturated carbocycles. The number of methoxy groups -OCH3 is 3. The zero-order valence-electron chi connectivity index (χ0n) is 33.1. The normalized spacial score (nSPS) is 18.5. The molecule has 0 spiro atoms. The first-order chi connectivity index (χ1) is 27.5. The minimum absolute atomic E-state index is 0.111. The maximum absolute atomic E-state index is 13.7. The van der Waals surface area contributed by atoms with Crippen molar-refractivity contribution in [1.82, 2.24) is 40.4 Å². The third kappa shape index (κ3) is 8.01. The van der Waals surface area contributed by atoms with Gasteiger partial charge in [0.15, 0.2) is 0 Å². The number of nitrogens with zero attached hydrogens (tertiary/aromatic N) is 4. The summed E-state index contributed by atoms with van der Waals surface area (Å²) in [5.41, 5.74) is 5.57. The molecule has 5 aromatic rings. The molecule has 2 aliphatic rings. The number of amides is 4. The van der Waals surface area contributed by atoms with Gasteiger partial charge in [0.1, 0.15) is 23.7 Å². The first-order valence-electron chi connectivity index (χ1n) is 19.4. The Morgan fingerprint density at radius 3 is 1.91 bits per heavy atom. The number of carbonyl (C=O) groups excluding carboxylic acids is 4. The topological polar surface area (TPSA) is 184 Å². The van der Waals surface area contributed by atoms with E-state index in [-0.39, 0.29) is 29.8 Å². The number of H-pyrrole nitrogens is 2. The van der Waals surface area contributed by atoms with Crippen molar-refractivity contribution in [2.45, 2.75) is 76.7 Å². The van der Waals surface area contributed by atoms with E-state index in [4.69, 9.17) is 24.2 Å². The summed E-state index contributed by atoms with van der Waals surface area (Å²) in [6.45, 7) is 6.67. The van der Waals surface area contributed by atoms with E-state index in [1.165, 1.54) is 21.3 Å². The van der Waals surface area contributed by atoms with E-state index in [1.807, 2.05) is 31.0 Å². The maximum Gasteiger partial charge on any atom is 0.407 e. The second-order valence-electron chi connectivity index (χ2n) is 15.1. The van der Waals surface area contributed by atoms with Crippen LogP contribution in [0.4, 0.5) is 9.59 Å². The van der Waals surface area contributed by atoms with Gasteiger partial charge in [0.25, 0.3) is 0 Å². The largest absolute Gasteiger partial charge is 0.453 e. The monoisotopic (exact) mass is 778 g/mol. The van der Waals surface area contributed by atoms with Crippen LogP contribution >= 0.6 is 0 Å². The molecule has 57 heavy (non-hydrogen) atoms. The van der Waals surface area contributed by atoms with Crippen molar-refractivity contribution in [1.29, 1.82) is 0 Å². The Hall–Kier alpha value is -5.96. The fourth-order valence-corrected chi connectivity index (χ4v) is 8.00. The molecule has 4 amide bonds. The Bertz CT molecular complexity index is 2280. The zero-order chi connectivity index (χ0) is 40.4. The Labute approximate surface area is 330 Å². The highest BCUT2D eigenvalue weighted by Gasteiger charge is 2.39. The lowest BCUT2D eigenvalue weighted by atomic mass is 9.99. The van der Waals surface area contributed by atoms with E-state index in [0.29, 0.717) is 18.9 Å². The number of fused-ring (bicyclic) bond motifs is 2.